The fourth-order valence-electron chi connectivity index (χ4n) is 4.98. The van der Waals surface area contributed by atoms with Gasteiger partial charge < -0.3 is 21.3 Å². The van der Waals surface area contributed by atoms with Gasteiger partial charge >= 0.3 is 0 Å². The van der Waals surface area contributed by atoms with Gasteiger partial charge in [-0.05, 0) is 79.6 Å². The van der Waals surface area contributed by atoms with Crippen LogP contribution in [0.4, 0.5) is 23.0 Å². The second kappa shape index (κ2) is 14.5. The van der Waals surface area contributed by atoms with Gasteiger partial charge in [-0.15, -0.1) is 20.4 Å². The van der Waals surface area contributed by atoms with E-state index in [0.29, 0.717) is 38.9 Å². The van der Waals surface area contributed by atoms with Gasteiger partial charge in [-0.3, -0.25) is 9.59 Å². The lowest BCUT2D eigenvalue weighted by Crippen LogP contribution is -2.12. The fourth-order valence-corrected chi connectivity index (χ4v) is 4.98. The molecule has 12 heteroatoms. The van der Waals surface area contributed by atoms with E-state index in [9.17, 15) is 14.9 Å². The highest BCUT2D eigenvalue weighted by molar-refractivity contribution is 6.09. The highest BCUT2D eigenvalue weighted by Gasteiger charge is 2.14. The number of nitrogens with zero attached hydrogens (tertiary/aromatic N) is 6. The number of hydrogen-bond donors (Lipinski definition) is 4. The Labute approximate surface area is 276 Å². The van der Waals surface area contributed by atoms with Crippen LogP contribution in [-0.4, -0.2) is 46.3 Å². The number of amides is 2. The number of carbonyl (C=O) groups is 2. The minimum absolute atomic E-state index is 0.189. The van der Waals surface area contributed by atoms with Crippen molar-refractivity contribution >= 4 is 56.4 Å². The first-order valence-electron chi connectivity index (χ1n) is 14.8. The number of hydrogen-bond acceptors (Lipinski definition) is 10. The Hall–Kier alpha value is -6.92. The molecule has 0 fully saturated rings. The van der Waals surface area contributed by atoms with Gasteiger partial charge in [-0.25, -0.2) is 0 Å². The maximum absolute atomic E-state index is 12.5. The molecule has 2 amide bonds. The summed E-state index contributed by atoms with van der Waals surface area (Å²) in [5.41, 5.74) is 4.95. The third kappa shape index (κ3) is 7.14. The van der Waals surface area contributed by atoms with E-state index in [0.717, 1.165) is 27.9 Å². The standard InChI is InChI=1S/2C18H15N5O/c1-11-4-3-5-13(8-11)21-18(24)12-6-7-14-15(9-12)16(10-19)22-23-17(14)20-2;1-11-4-3-5-13(8-11)21-18(24)12-6-7-14-15(9-12)17(20-2)23-22-16(14)10-19/h2*3-9H,1-2H3,(H,20,23)(H,21,24). The van der Waals surface area contributed by atoms with Crippen LogP contribution < -0.4 is 21.3 Å². The summed E-state index contributed by atoms with van der Waals surface area (Å²) in [5, 5.41) is 48.3. The number of nitriles is 2. The number of fused-ring (bicyclic) bond motifs is 2. The van der Waals surface area contributed by atoms with E-state index >= 15 is 0 Å². The zero-order valence-electron chi connectivity index (χ0n) is 26.6. The smallest absolute Gasteiger partial charge is 0.255 e. The quantitative estimate of drug-likeness (QED) is 0.164. The Bertz CT molecular complexity index is 2270. The maximum atomic E-state index is 12.5. The molecule has 4 N–H and O–H groups in total. The van der Waals surface area contributed by atoms with Crippen LogP contribution in [0.1, 0.15) is 43.2 Å². The summed E-state index contributed by atoms with van der Waals surface area (Å²) < 4.78 is 0. The van der Waals surface area contributed by atoms with E-state index in [2.05, 4.69) is 41.7 Å². The first kappa shape index (κ1) is 32.5. The highest BCUT2D eigenvalue weighted by Crippen LogP contribution is 2.26. The number of rotatable bonds is 6. The van der Waals surface area contributed by atoms with Crippen molar-refractivity contribution in [3.05, 3.63) is 119 Å². The normalized spacial score (nSPS) is 10.2. The SMILES string of the molecule is CNc1nnc(C#N)c2cc(C(=O)Nc3cccc(C)c3)ccc12.CNc1nnc(C#N)c2ccc(C(=O)Nc3cccc(C)c3)cc12. The maximum Gasteiger partial charge on any atom is 0.255 e. The van der Waals surface area contributed by atoms with Gasteiger partial charge in [0.25, 0.3) is 11.8 Å². The van der Waals surface area contributed by atoms with E-state index in [-0.39, 0.29) is 23.2 Å². The van der Waals surface area contributed by atoms with Gasteiger partial charge in [-0.1, -0.05) is 30.3 Å². The molecule has 6 rings (SSSR count). The first-order valence-corrected chi connectivity index (χ1v) is 14.8. The average molecular weight is 635 g/mol. The highest BCUT2D eigenvalue weighted by atomic mass is 16.2. The number of aromatic nitrogens is 4. The first-order chi connectivity index (χ1) is 23.2. The molecule has 236 valence electrons. The lowest BCUT2D eigenvalue weighted by Gasteiger charge is -2.09. The average Bonchev–Trinajstić information content (AvgIpc) is 3.10. The second-order valence-electron chi connectivity index (χ2n) is 10.7. The lowest BCUT2D eigenvalue weighted by molar-refractivity contribution is 0.101. The van der Waals surface area contributed by atoms with E-state index < -0.39 is 0 Å². The number of aryl methyl sites for hydroxylation is 2. The van der Waals surface area contributed by atoms with Crippen LogP contribution in [0.3, 0.4) is 0 Å². The molecule has 12 nitrogen and oxygen atoms in total. The third-order valence-corrected chi connectivity index (χ3v) is 7.32. The van der Waals surface area contributed by atoms with Crippen molar-refractivity contribution in [3.8, 4) is 12.1 Å². The summed E-state index contributed by atoms with van der Waals surface area (Å²) in [6, 6.07) is 29.4. The topological polar surface area (TPSA) is 181 Å². The van der Waals surface area contributed by atoms with Crippen molar-refractivity contribution in [1.82, 2.24) is 20.4 Å². The number of benzene rings is 4. The molecule has 0 saturated heterocycles. The molecule has 0 spiro atoms. The minimum atomic E-state index is -0.241. The molecular weight excluding hydrogens is 604 g/mol. The van der Waals surface area contributed by atoms with Crippen LogP contribution in [0.5, 0.6) is 0 Å². The van der Waals surface area contributed by atoms with Crippen molar-refractivity contribution in [2.45, 2.75) is 13.8 Å². The zero-order chi connectivity index (χ0) is 34.2. The summed E-state index contributed by atoms with van der Waals surface area (Å²) in [6.07, 6.45) is 0. The molecule has 2 aromatic heterocycles. The van der Waals surface area contributed by atoms with Gasteiger partial charge in [0, 0.05) is 58.1 Å². The van der Waals surface area contributed by atoms with Gasteiger partial charge in [0.2, 0.25) is 0 Å². The van der Waals surface area contributed by atoms with E-state index in [1.165, 1.54) is 0 Å². The van der Waals surface area contributed by atoms with Gasteiger partial charge in [0.15, 0.2) is 23.0 Å². The Kier molecular flexibility index (Phi) is 9.78. The molecule has 0 aliphatic rings. The lowest BCUT2D eigenvalue weighted by atomic mass is 10.1. The van der Waals surface area contributed by atoms with Crippen molar-refractivity contribution in [2.75, 3.05) is 35.4 Å². The molecule has 48 heavy (non-hydrogen) atoms. The Morgan fingerprint density at radius 2 is 1.02 bits per heavy atom. The van der Waals surface area contributed by atoms with Crippen molar-refractivity contribution in [3.63, 3.8) is 0 Å². The third-order valence-electron chi connectivity index (χ3n) is 7.32. The molecule has 0 atom stereocenters. The van der Waals surface area contributed by atoms with E-state index in [1.54, 1.807) is 50.5 Å². The van der Waals surface area contributed by atoms with Gasteiger partial charge in [0.1, 0.15) is 12.1 Å². The van der Waals surface area contributed by atoms with E-state index in [4.69, 9.17) is 5.26 Å². The van der Waals surface area contributed by atoms with Crippen LogP contribution in [0.2, 0.25) is 0 Å². The molecule has 0 aliphatic heterocycles. The molecule has 0 aliphatic carbocycles. The number of carbonyl (C=O) groups excluding carboxylic acids is 2. The Morgan fingerprint density at radius 3 is 1.50 bits per heavy atom. The number of anilines is 4. The Morgan fingerprint density at radius 1 is 0.562 bits per heavy atom. The van der Waals surface area contributed by atoms with Crippen molar-refractivity contribution < 1.29 is 9.59 Å². The van der Waals surface area contributed by atoms with Crippen LogP contribution in [0, 0.1) is 36.5 Å². The van der Waals surface area contributed by atoms with E-state index in [1.807, 2.05) is 74.5 Å². The largest absolute Gasteiger partial charge is 0.371 e. The van der Waals surface area contributed by atoms with Crippen LogP contribution in [0.25, 0.3) is 21.5 Å². The minimum Gasteiger partial charge on any atom is -0.371 e. The second-order valence-corrected chi connectivity index (χ2v) is 10.7. The molecule has 6 aromatic rings. The summed E-state index contributed by atoms with van der Waals surface area (Å²) in [5.74, 6) is 0.623. The Balaban J connectivity index is 0.000000188. The molecule has 0 bridgehead atoms. The van der Waals surface area contributed by atoms with Crippen LogP contribution in [0.15, 0.2) is 84.9 Å². The van der Waals surface area contributed by atoms with Crippen LogP contribution in [-0.2, 0) is 0 Å². The predicted molar refractivity (Wildman–Crippen MR) is 186 cm³/mol. The molecule has 0 radical (unpaired) electrons. The van der Waals surface area contributed by atoms with Gasteiger partial charge in [-0.2, -0.15) is 10.5 Å². The van der Waals surface area contributed by atoms with Crippen LogP contribution >= 0.6 is 0 Å². The molecular formula is C36H30N10O2. The van der Waals surface area contributed by atoms with Crippen molar-refractivity contribution in [2.24, 2.45) is 0 Å². The van der Waals surface area contributed by atoms with Crippen molar-refractivity contribution in [1.29, 1.82) is 10.5 Å². The van der Waals surface area contributed by atoms with Gasteiger partial charge in [0.05, 0.1) is 0 Å². The summed E-state index contributed by atoms with van der Waals surface area (Å²) in [4.78, 5) is 25.0. The molecule has 0 saturated carbocycles. The summed E-state index contributed by atoms with van der Waals surface area (Å²) in [6.45, 7) is 3.93. The fraction of sp³-hybridized carbons (Fsp3) is 0.111. The molecule has 0 unspecified atom stereocenters. The zero-order valence-corrected chi connectivity index (χ0v) is 26.6. The summed E-state index contributed by atoms with van der Waals surface area (Å²) in [7, 11) is 3.45. The molecule has 4 aromatic carbocycles. The number of nitrogens with one attached hydrogen (secondary N) is 4. The molecule has 2 heterocycles. The monoisotopic (exact) mass is 634 g/mol. The predicted octanol–water partition coefficient (Wildman–Crippen LogP) is 6.21. The summed E-state index contributed by atoms with van der Waals surface area (Å²) >= 11 is 0.